The summed E-state index contributed by atoms with van der Waals surface area (Å²) in [5.41, 5.74) is -0.0605. The van der Waals surface area contributed by atoms with E-state index in [0.717, 1.165) is 18.6 Å². The Morgan fingerprint density at radius 3 is 2.42 bits per heavy atom. The number of carbonyl (C=O) groups excluding carboxylic acids is 1. The third kappa shape index (κ3) is 4.41. The average molecular weight is 344 g/mol. The molecule has 1 saturated heterocycles. The van der Waals surface area contributed by atoms with Gasteiger partial charge in [0.25, 0.3) is 0 Å². The van der Waals surface area contributed by atoms with Crippen molar-refractivity contribution in [3.63, 3.8) is 0 Å². The monoisotopic (exact) mass is 344 g/mol. The van der Waals surface area contributed by atoms with E-state index in [2.05, 4.69) is 5.32 Å². The van der Waals surface area contributed by atoms with Crippen LogP contribution < -0.4 is 5.32 Å². The van der Waals surface area contributed by atoms with Gasteiger partial charge >= 0.3 is 12.2 Å². The van der Waals surface area contributed by atoms with Gasteiger partial charge in [-0.15, -0.1) is 0 Å². The SMILES string of the molecule is CC(C)C(NC(=O)N1CCC(CO)C1)c1ccc(C(F)(F)F)cc1. The first-order chi connectivity index (χ1) is 11.2. The summed E-state index contributed by atoms with van der Waals surface area (Å²) in [6.45, 7) is 4.94. The highest BCUT2D eigenvalue weighted by Gasteiger charge is 2.31. The molecular formula is C17H23F3N2O2. The van der Waals surface area contributed by atoms with Crippen LogP contribution in [-0.2, 0) is 6.18 Å². The van der Waals surface area contributed by atoms with Crippen LogP contribution in [-0.4, -0.2) is 35.7 Å². The molecule has 1 fully saturated rings. The maximum absolute atomic E-state index is 12.7. The Morgan fingerprint density at radius 2 is 1.96 bits per heavy atom. The van der Waals surface area contributed by atoms with Gasteiger partial charge < -0.3 is 15.3 Å². The van der Waals surface area contributed by atoms with Gasteiger partial charge in [-0.05, 0) is 30.0 Å². The van der Waals surface area contributed by atoms with E-state index in [0.29, 0.717) is 18.7 Å². The van der Waals surface area contributed by atoms with Crippen LogP contribution in [0.15, 0.2) is 24.3 Å². The van der Waals surface area contributed by atoms with E-state index in [1.54, 1.807) is 4.90 Å². The largest absolute Gasteiger partial charge is 0.416 e. The van der Waals surface area contributed by atoms with Crippen LogP contribution in [0.1, 0.15) is 37.4 Å². The number of nitrogens with one attached hydrogen (secondary N) is 1. The number of aliphatic hydroxyl groups excluding tert-OH is 1. The molecule has 1 aromatic rings. The van der Waals surface area contributed by atoms with Crippen molar-refractivity contribution >= 4 is 6.03 Å². The molecule has 0 aromatic heterocycles. The van der Waals surface area contributed by atoms with Gasteiger partial charge in [-0.1, -0.05) is 26.0 Å². The standard InChI is InChI=1S/C17H23F3N2O2/c1-11(2)15(13-3-5-14(6-4-13)17(18,19)20)21-16(24)22-8-7-12(9-22)10-23/h3-6,11-12,15,23H,7-10H2,1-2H3,(H,21,24). The van der Waals surface area contributed by atoms with E-state index < -0.39 is 11.7 Å². The zero-order chi connectivity index (χ0) is 17.9. The maximum Gasteiger partial charge on any atom is 0.416 e. The van der Waals surface area contributed by atoms with Crippen LogP contribution in [0.2, 0.25) is 0 Å². The zero-order valence-corrected chi connectivity index (χ0v) is 13.8. The Labute approximate surface area is 139 Å². The molecule has 24 heavy (non-hydrogen) atoms. The second kappa shape index (κ2) is 7.42. The third-order valence-corrected chi connectivity index (χ3v) is 4.37. The van der Waals surface area contributed by atoms with Crippen molar-refractivity contribution in [2.75, 3.05) is 19.7 Å². The lowest BCUT2D eigenvalue weighted by molar-refractivity contribution is -0.137. The van der Waals surface area contributed by atoms with Crippen molar-refractivity contribution in [1.29, 1.82) is 0 Å². The summed E-state index contributed by atoms with van der Waals surface area (Å²) >= 11 is 0. The first-order valence-electron chi connectivity index (χ1n) is 8.05. The number of alkyl halides is 3. The molecule has 0 saturated carbocycles. The van der Waals surface area contributed by atoms with E-state index >= 15 is 0 Å². The molecule has 134 valence electrons. The van der Waals surface area contributed by atoms with Crippen molar-refractivity contribution in [2.24, 2.45) is 11.8 Å². The van der Waals surface area contributed by atoms with Crippen molar-refractivity contribution in [1.82, 2.24) is 10.2 Å². The summed E-state index contributed by atoms with van der Waals surface area (Å²) in [5, 5.41) is 12.1. The molecule has 2 N–H and O–H groups in total. The molecule has 2 rings (SSSR count). The van der Waals surface area contributed by atoms with Gasteiger partial charge in [0, 0.05) is 25.6 Å². The molecule has 1 heterocycles. The Hall–Kier alpha value is -1.76. The second-order valence-corrected chi connectivity index (χ2v) is 6.57. The number of rotatable bonds is 4. The third-order valence-electron chi connectivity index (χ3n) is 4.37. The number of amides is 2. The van der Waals surface area contributed by atoms with Crippen molar-refractivity contribution in [3.8, 4) is 0 Å². The fraction of sp³-hybridized carbons (Fsp3) is 0.588. The Balaban J connectivity index is 2.08. The first-order valence-corrected chi connectivity index (χ1v) is 8.05. The number of hydrogen-bond donors (Lipinski definition) is 2. The van der Waals surface area contributed by atoms with Gasteiger partial charge in [0.15, 0.2) is 0 Å². The molecule has 1 aliphatic rings. The number of nitrogens with zero attached hydrogens (tertiary/aromatic N) is 1. The smallest absolute Gasteiger partial charge is 0.396 e. The summed E-state index contributed by atoms with van der Waals surface area (Å²) in [5.74, 6) is 0.126. The average Bonchev–Trinajstić information content (AvgIpc) is 3.00. The van der Waals surface area contributed by atoms with Crippen LogP contribution >= 0.6 is 0 Å². The summed E-state index contributed by atoms with van der Waals surface area (Å²) in [4.78, 5) is 14.0. The molecule has 7 heteroatoms. The molecule has 2 atom stereocenters. The van der Waals surface area contributed by atoms with Crippen molar-refractivity contribution < 1.29 is 23.1 Å². The number of aliphatic hydroxyl groups is 1. The zero-order valence-electron chi connectivity index (χ0n) is 13.8. The highest BCUT2D eigenvalue weighted by molar-refractivity contribution is 5.75. The number of hydrogen-bond acceptors (Lipinski definition) is 2. The van der Waals surface area contributed by atoms with E-state index in [1.165, 1.54) is 12.1 Å². The van der Waals surface area contributed by atoms with Crippen LogP contribution in [0.4, 0.5) is 18.0 Å². The quantitative estimate of drug-likeness (QED) is 0.879. The van der Waals surface area contributed by atoms with E-state index in [-0.39, 0.29) is 30.5 Å². The molecule has 4 nitrogen and oxygen atoms in total. The van der Waals surface area contributed by atoms with E-state index in [9.17, 15) is 18.0 Å². The predicted molar refractivity (Wildman–Crippen MR) is 84.3 cm³/mol. The molecule has 0 spiro atoms. The van der Waals surface area contributed by atoms with Gasteiger partial charge in [-0.25, -0.2) is 4.79 Å². The molecule has 2 amide bonds. The van der Waals surface area contributed by atoms with Gasteiger partial charge in [-0.2, -0.15) is 13.2 Å². The molecule has 0 radical (unpaired) electrons. The number of halogens is 3. The Morgan fingerprint density at radius 1 is 1.33 bits per heavy atom. The van der Waals surface area contributed by atoms with Gasteiger partial charge in [0.05, 0.1) is 11.6 Å². The highest BCUT2D eigenvalue weighted by atomic mass is 19.4. The molecular weight excluding hydrogens is 321 g/mol. The number of urea groups is 1. The molecule has 1 aliphatic heterocycles. The maximum atomic E-state index is 12.7. The van der Waals surface area contributed by atoms with Crippen LogP contribution in [0.25, 0.3) is 0 Å². The number of benzene rings is 1. The number of carbonyl (C=O) groups is 1. The van der Waals surface area contributed by atoms with E-state index in [4.69, 9.17) is 5.11 Å². The summed E-state index contributed by atoms with van der Waals surface area (Å²) in [7, 11) is 0. The highest BCUT2D eigenvalue weighted by Crippen LogP contribution is 2.31. The molecule has 1 aromatic carbocycles. The molecule has 0 aliphatic carbocycles. The summed E-state index contributed by atoms with van der Waals surface area (Å²) in [6, 6.07) is 4.28. The Bertz CT molecular complexity index is 558. The molecule has 2 unspecified atom stereocenters. The minimum atomic E-state index is -4.37. The number of likely N-dealkylation sites (tertiary alicyclic amines) is 1. The lowest BCUT2D eigenvalue weighted by Gasteiger charge is -2.26. The lowest BCUT2D eigenvalue weighted by atomic mass is 9.95. The normalized spacial score (nSPS) is 19.6. The van der Waals surface area contributed by atoms with Gasteiger partial charge in [0.2, 0.25) is 0 Å². The van der Waals surface area contributed by atoms with Crippen molar-refractivity contribution in [2.45, 2.75) is 32.5 Å². The van der Waals surface area contributed by atoms with Gasteiger partial charge in [-0.3, -0.25) is 0 Å². The van der Waals surface area contributed by atoms with E-state index in [1.807, 2.05) is 13.8 Å². The predicted octanol–water partition coefficient (Wildman–Crippen LogP) is 3.43. The fourth-order valence-electron chi connectivity index (χ4n) is 2.90. The second-order valence-electron chi connectivity index (χ2n) is 6.57. The topological polar surface area (TPSA) is 52.6 Å². The van der Waals surface area contributed by atoms with Crippen molar-refractivity contribution in [3.05, 3.63) is 35.4 Å². The summed E-state index contributed by atoms with van der Waals surface area (Å²) < 4.78 is 38.0. The van der Waals surface area contributed by atoms with Crippen LogP contribution in [0.5, 0.6) is 0 Å². The first kappa shape index (κ1) is 18.6. The van der Waals surface area contributed by atoms with Crippen LogP contribution in [0.3, 0.4) is 0 Å². The fourth-order valence-corrected chi connectivity index (χ4v) is 2.90. The minimum absolute atomic E-state index is 0.0296. The summed E-state index contributed by atoms with van der Waals surface area (Å²) in [6.07, 6.45) is -3.61. The minimum Gasteiger partial charge on any atom is -0.396 e. The Kier molecular flexibility index (Phi) is 5.74. The molecule has 0 bridgehead atoms. The van der Waals surface area contributed by atoms with Gasteiger partial charge in [0.1, 0.15) is 0 Å². The van der Waals surface area contributed by atoms with Crippen LogP contribution in [0, 0.1) is 11.8 Å². The lowest BCUT2D eigenvalue weighted by Crippen LogP contribution is -2.42.